The Morgan fingerprint density at radius 1 is 1.16 bits per heavy atom. The number of nitrogens with zero attached hydrogens (tertiary/aromatic N) is 2. The van der Waals surface area contributed by atoms with E-state index in [0.29, 0.717) is 19.4 Å². The maximum Gasteiger partial charge on any atom is 0.314 e. The lowest BCUT2D eigenvalue weighted by atomic mass is 9.73. The van der Waals surface area contributed by atoms with Gasteiger partial charge in [0.15, 0.2) is 0 Å². The van der Waals surface area contributed by atoms with Gasteiger partial charge >= 0.3 is 5.97 Å². The predicted molar refractivity (Wildman–Crippen MR) is 122 cm³/mol. The number of hydrogen-bond donors (Lipinski definition) is 2. The highest BCUT2D eigenvalue weighted by Crippen LogP contribution is 2.37. The second kappa shape index (κ2) is 7.65. The monoisotopic (exact) mass is 416 g/mol. The minimum Gasteiger partial charge on any atom is -0.481 e. The third-order valence-electron chi connectivity index (χ3n) is 7.11. The highest BCUT2D eigenvalue weighted by molar-refractivity contribution is 5.86. The van der Waals surface area contributed by atoms with Crippen molar-refractivity contribution >= 4 is 22.7 Å². The molecule has 1 saturated heterocycles. The molecule has 2 aliphatic rings. The van der Waals surface area contributed by atoms with Gasteiger partial charge in [-0.15, -0.1) is 0 Å². The van der Waals surface area contributed by atoms with Gasteiger partial charge in [0.25, 0.3) is 0 Å². The van der Waals surface area contributed by atoms with Crippen molar-refractivity contribution in [2.75, 3.05) is 18.0 Å². The van der Waals surface area contributed by atoms with E-state index < -0.39 is 17.5 Å². The average Bonchev–Trinajstić information content (AvgIpc) is 3.22. The summed E-state index contributed by atoms with van der Waals surface area (Å²) in [4.78, 5) is 19.5. The molecule has 3 aromatic rings. The smallest absolute Gasteiger partial charge is 0.314 e. The van der Waals surface area contributed by atoms with E-state index in [2.05, 4.69) is 25.1 Å². The number of aliphatic hydroxyl groups excluding tert-OH is 1. The van der Waals surface area contributed by atoms with E-state index in [1.807, 2.05) is 35.2 Å². The molecule has 1 aliphatic carbocycles. The predicted octanol–water partition coefficient (Wildman–Crippen LogP) is 3.92. The maximum atomic E-state index is 12.5. The molecule has 0 unspecified atom stereocenters. The number of carbonyl (C=O) groups is 1. The number of fused-ring (bicyclic) bond motifs is 2. The van der Waals surface area contributed by atoms with Crippen LogP contribution in [-0.4, -0.2) is 40.4 Å². The van der Waals surface area contributed by atoms with Crippen molar-refractivity contribution in [2.24, 2.45) is 5.41 Å². The molecule has 2 atom stereocenters. The fraction of sp³-hybridized carbons (Fsp3) is 0.385. The lowest BCUT2D eigenvalue weighted by Gasteiger charge is -2.44. The minimum absolute atomic E-state index is 0.237. The number of rotatable bonds is 4. The van der Waals surface area contributed by atoms with E-state index in [0.717, 1.165) is 35.3 Å². The molecule has 2 aromatic carbocycles. The zero-order valence-corrected chi connectivity index (χ0v) is 17.8. The van der Waals surface area contributed by atoms with Crippen LogP contribution in [0.25, 0.3) is 10.9 Å². The first-order valence-corrected chi connectivity index (χ1v) is 11.1. The van der Waals surface area contributed by atoms with Gasteiger partial charge in [-0.3, -0.25) is 4.79 Å². The number of carboxylic acid groups (broad SMARTS) is 1. The Balaban J connectivity index is 1.52. The maximum absolute atomic E-state index is 12.5. The summed E-state index contributed by atoms with van der Waals surface area (Å²) in [6.45, 7) is 2.93. The van der Waals surface area contributed by atoms with Gasteiger partial charge in [-0.05, 0) is 79.5 Å². The molecule has 0 saturated carbocycles. The van der Waals surface area contributed by atoms with Gasteiger partial charge in [-0.25, -0.2) is 4.98 Å². The molecule has 160 valence electrons. The number of pyridine rings is 1. The van der Waals surface area contributed by atoms with E-state index >= 15 is 0 Å². The summed E-state index contributed by atoms with van der Waals surface area (Å²) < 4.78 is 0. The summed E-state index contributed by atoms with van der Waals surface area (Å²) in [5.41, 5.74) is 4.61. The molecular formula is C26H28N2O3. The number of benzene rings is 2. The Morgan fingerprint density at radius 3 is 2.65 bits per heavy atom. The summed E-state index contributed by atoms with van der Waals surface area (Å²) in [6, 6.07) is 16.1. The molecule has 5 heteroatoms. The van der Waals surface area contributed by atoms with Crippen LogP contribution in [0.4, 0.5) is 5.82 Å². The summed E-state index contributed by atoms with van der Waals surface area (Å²) in [6.07, 6.45) is 3.24. The van der Waals surface area contributed by atoms with Gasteiger partial charge in [0.05, 0.1) is 11.6 Å². The van der Waals surface area contributed by atoms with E-state index in [4.69, 9.17) is 4.98 Å². The fourth-order valence-electron chi connectivity index (χ4n) is 5.30. The van der Waals surface area contributed by atoms with Crippen molar-refractivity contribution in [1.82, 2.24) is 4.98 Å². The number of aryl methyl sites for hydroxylation is 3. The number of aromatic nitrogens is 1. The highest BCUT2D eigenvalue weighted by atomic mass is 16.4. The van der Waals surface area contributed by atoms with Crippen LogP contribution in [0.5, 0.6) is 0 Å². The third kappa shape index (κ3) is 3.47. The summed E-state index contributed by atoms with van der Waals surface area (Å²) >= 11 is 0. The minimum atomic E-state index is -1.26. The molecule has 0 bridgehead atoms. The standard InChI is InChI=1S/C26H28N2O3/c1-17-12-24(27-22-14-20-9-5-8-19(20)13-21(17)22)28-11-10-23(29)26(16-28,25(30)31)15-18-6-3-2-4-7-18/h2-4,6-7,12-14,23,29H,5,8-11,15-16H2,1H3,(H,30,31)/t23-,26-/m0/s1. The molecule has 2 heterocycles. The average molecular weight is 417 g/mol. The van der Waals surface area contributed by atoms with Crippen LogP contribution in [0.1, 0.15) is 35.1 Å². The lowest BCUT2D eigenvalue weighted by molar-refractivity contribution is -0.157. The first kappa shape index (κ1) is 20.0. The Morgan fingerprint density at radius 2 is 1.90 bits per heavy atom. The Bertz CT molecular complexity index is 1140. The Hall–Kier alpha value is -2.92. The van der Waals surface area contributed by atoms with Gasteiger partial charge in [-0.2, -0.15) is 0 Å². The van der Waals surface area contributed by atoms with Gasteiger partial charge in [0.2, 0.25) is 0 Å². The fourth-order valence-corrected chi connectivity index (χ4v) is 5.30. The second-order valence-corrected chi connectivity index (χ2v) is 9.14. The van der Waals surface area contributed by atoms with Gasteiger partial charge < -0.3 is 15.1 Å². The lowest BCUT2D eigenvalue weighted by Crippen LogP contribution is -2.57. The largest absolute Gasteiger partial charge is 0.481 e. The SMILES string of the molecule is Cc1cc(N2CC[C@H](O)[C@@](Cc3ccccc3)(C(=O)O)C2)nc2cc3c(cc12)CCC3. The number of aliphatic hydroxyl groups is 1. The molecule has 0 spiro atoms. The molecule has 0 amide bonds. The van der Waals surface area contributed by atoms with Crippen LogP contribution in [0, 0.1) is 12.3 Å². The quantitative estimate of drug-likeness (QED) is 0.674. The summed E-state index contributed by atoms with van der Waals surface area (Å²) in [7, 11) is 0. The van der Waals surface area contributed by atoms with E-state index in [9.17, 15) is 15.0 Å². The van der Waals surface area contributed by atoms with E-state index in [1.165, 1.54) is 22.9 Å². The first-order valence-electron chi connectivity index (χ1n) is 11.1. The summed E-state index contributed by atoms with van der Waals surface area (Å²) in [5, 5.41) is 22.2. The number of hydrogen-bond acceptors (Lipinski definition) is 4. The number of anilines is 1. The third-order valence-corrected chi connectivity index (χ3v) is 7.11. The van der Waals surface area contributed by atoms with Crippen molar-refractivity contribution < 1.29 is 15.0 Å². The number of aliphatic carboxylic acids is 1. The second-order valence-electron chi connectivity index (χ2n) is 9.14. The molecule has 5 nitrogen and oxygen atoms in total. The van der Waals surface area contributed by atoms with Crippen molar-refractivity contribution in [3.05, 3.63) is 70.8 Å². The zero-order valence-electron chi connectivity index (χ0n) is 17.8. The molecule has 1 aromatic heterocycles. The van der Waals surface area contributed by atoms with Crippen LogP contribution in [0.15, 0.2) is 48.5 Å². The van der Waals surface area contributed by atoms with E-state index in [-0.39, 0.29) is 6.54 Å². The van der Waals surface area contributed by atoms with Crippen molar-refractivity contribution in [3.8, 4) is 0 Å². The topological polar surface area (TPSA) is 73.7 Å². The van der Waals surface area contributed by atoms with Crippen LogP contribution in [0.2, 0.25) is 0 Å². The Labute approximate surface area is 182 Å². The molecule has 0 radical (unpaired) electrons. The Kier molecular flexibility index (Phi) is 4.94. The molecule has 2 N–H and O–H groups in total. The van der Waals surface area contributed by atoms with Crippen molar-refractivity contribution in [2.45, 2.75) is 45.1 Å². The van der Waals surface area contributed by atoms with Crippen LogP contribution >= 0.6 is 0 Å². The van der Waals surface area contributed by atoms with Gasteiger partial charge in [0, 0.05) is 18.5 Å². The molecule has 1 fully saturated rings. The number of piperidine rings is 1. The number of carboxylic acids is 1. The highest BCUT2D eigenvalue weighted by Gasteiger charge is 2.49. The summed E-state index contributed by atoms with van der Waals surface area (Å²) in [5.74, 6) is -0.155. The zero-order chi connectivity index (χ0) is 21.6. The van der Waals surface area contributed by atoms with Crippen molar-refractivity contribution in [3.63, 3.8) is 0 Å². The molecule has 1 aliphatic heterocycles. The van der Waals surface area contributed by atoms with Crippen LogP contribution in [0.3, 0.4) is 0 Å². The first-order chi connectivity index (χ1) is 15.0. The molecule has 5 rings (SSSR count). The molecule has 31 heavy (non-hydrogen) atoms. The van der Waals surface area contributed by atoms with Crippen LogP contribution < -0.4 is 4.90 Å². The van der Waals surface area contributed by atoms with Gasteiger partial charge in [0.1, 0.15) is 11.2 Å². The molecular weight excluding hydrogens is 388 g/mol. The van der Waals surface area contributed by atoms with Crippen molar-refractivity contribution in [1.29, 1.82) is 0 Å². The normalized spacial score (nSPS) is 23.2. The van der Waals surface area contributed by atoms with Crippen LogP contribution in [-0.2, 0) is 24.1 Å². The van der Waals surface area contributed by atoms with E-state index in [1.54, 1.807) is 0 Å². The van der Waals surface area contributed by atoms with Gasteiger partial charge in [-0.1, -0.05) is 30.3 Å².